The lowest BCUT2D eigenvalue weighted by molar-refractivity contribution is -0.114. The summed E-state index contributed by atoms with van der Waals surface area (Å²) < 4.78 is 0. The topological polar surface area (TPSA) is 54.9 Å². The normalized spacial score (nSPS) is 9.33. The molecule has 4 nitrogen and oxygen atoms in total. The van der Waals surface area contributed by atoms with Gasteiger partial charge in [0.1, 0.15) is 5.82 Å². The van der Waals surface area contributed by atoms with Crippen LogP contribution in [0.3, 0.4) is 0 Å². The zero-order chi connectivity index (χ0) is 13.5. The summed E-state index contributed by atoms with van der Waals surface area (Å²) in [6.45, 7) is 7.43. The number of aromatic nitrogens is 2. The first-order valence-electron chi connectivity index (χ1n) is 5.81. The summed E-state index contributed by atoms with van der Waals surface area (Å²) in [6.07, 6.45) is 3.50. The highest BCUT2D eigenvalue weighted by atomic mass is 32.1. The fraction of sp³-hybridized carbons (Fsp3) is 0.308. The predicted octanol–water partition coefficient (Wildman–Crippen LogP) is 3.50. The number of aryl methyl sites for hydroxylation is 1. The Morgan fingerprint density at radius 3 is 2.61 bits per heavy atom. The molecule has 0 bridgehead atoms. The summed E-state index contributed by atoms with van der Waals surface area (Å²) in [7, 11) is 0. The Bertz CT molecular complexity index is 522. The third kappa shape index (κ3) is 3.92. The number of rotatable bonds is 2. The molecule has 1 N–H and O–H groups in total. The fourth-order valence-corrected chi connectivity index (χ4v) is 2.10. The van der Waals surface area contributed by atoms with Crippen LogP contribution < -0.4 is 5.32 Å². The van der Waals surface area contributed by atoms with Crippen molar-refractivity contribution in [1.82, 2.24) is 9.97 Å². The van der Waals surface area contributed by atoms with Gasteiger partial charge in [-0.3, -0.25) is 4.79 Å². The van der Waals surface area contributed by atoms with Gasteiger partial charge in [-0.05, 0) is 24.6 Å². The van der Waals surface area contributed by atoms with Crippen LogP contribution in [-0.4, -0.2) is 15.9 Å². The zero-order valence-corrected chi connectivity index (χ0v) is 11.8. The molecule has 0 aliphatic heterocycles. The van der Waals surface area contributed by atoms with Gasteiger partial charge in [-0.15, -0.1) is 11.3 Å². The predicted molar refractivity (Wildman–Crippen MR) is 75.7 cm³/mol. The number of pyridine rings is 1. The summed E-state index contributed by atoms with van der Waals surface area (Å²) in [6, 6.07) is 3.74. The molecular formula is C13H17N3OS. The first-order chi connectivity index (χ1) is 8.65. The number of anilines is 1. The second-order valence-corrected chi connectivity index (χ2v) is 4.59. The Morgan fingerprint density at radius 1 is 1.33 bits per heavy atom. The van der Waals surface area contributed by atoms with Crippen molar-refractivity contribution < 1.29 is 4.79 Å². The molecule has 96 valence electrons. The second-order valence-electron chi connectivity index (χ2n) is 3.35. The van der Waals surface area contributed by atoms with Gasteiger partial charge < -0.3 is 5.32 Å². The van der Waals surface area contributed by atoms with Gasteiger partial charge in [0.05, 0.1) is 9.88 Å². The Hall–Kier alpha value is -1.75. The Kier molecular flexibility index (Phi) is 5.45. The molecule has 2 rings (SSSR count). The molecule has 2 aromatic heterocycles. The van der Waals surface area contributed by atoms with Gasteiger partial charge in [0.15, 0.2) is 0 Å². The van der Waals surface area contributed by atoms with E-state index in [1.165, 1.54) is 6.92 Å². The van der Waals surface area contributed by atoms with Crippen molar-refractivity contribution in [3.05, 3.63) is 29.5 Å². The van der Waals surface area contributed by atoms with Crippen molar-refractivity contribution in [3.8, 4) is 10.4 Å². The van der Waals surface area contributed by atoms with Crippen LogP contribution >= 0.6 is 11.3 Å². The van der Waals surface area contributed by atoms with Crippen LogP contribution in [0.1, 0.15) is 25.8 Å². The number of hydrogen-bond donors (Lipinski definition) is 1. The van der Waals surface area contributed by atoms with E-state index in [-0.39, 0.29) is 5.91 Å². The van der Waals surface area contributed by atoms with E-state index >= 15 is 0 Å². The maximum Gasteiger partial charge on any atom is 0.222 e. The maximum atomic E-state index is 10.9. The fourth-order valence-electron chi connectivity index (χ4n) is 1.33. The molecule has 0 aromatic carbocycles. The summed E-state index contributed by atoms with van der Waals surface area (Å²) in [5, 5.41) is 3.68. The van der Waals surface area contributed by atoms with Crippen molar-refractivity contribution in [2.75, 3.05) is 5.32 Å². The molecule has 0 fully saturated rings. The van der Waals surface area contributed by atoms with Crippen molar-refractivity contribution in [3.63, 3.8) is 0 Å². The highest BCUT2D eigenvalue weighted by Gasteiger charge is 2.04. The molecule has 0 radical (unpaired) electrons. The van der Waals surface area contributed by atoms with Crippen LogP contribution in [0.5, 0.6) is 0 Å². The number of carbonyl (C=O) groups is 1. The Balaban J connectivity index is 0.000000771. The number of hydrogen-bond acceptors (Lipinski definition) is 4. The first-order valence-corrected chi connectivity index (χ1v) is 6.63. The second kappa shape index (κ2) is 6.86. The van der Waals surface area contributed by atoms with Crippen LogP contribution in [-0.2, 0) is 4.79 Å². The van der Waals surface area contributed by atoms with Crippen LogP contribution in [0.25, 0.3) is 10.4 Å². The minimum absolute atomic E-state index is 0.120. The molecule has 0 spiro atoms. The minimum Gasteiger partial charge on any atom is -0.311 e. The summed E-state index contributed by atoms with van der Waals surface area (Å²) in [4.78, 5) is 20.2. The molecule has 0 atom stereocenters. The van der Waals surface area contributed by atoms with Crippen LogP contribution in [0.4, 0.5) is 5.82 Å². The molecule has 0 saturated heterocycles. The molecule has 1 amide bonds. The third-order valence-electron chi connectivity index (χ3n) is 1.97. The van der Waals surface area contributed by atoms with Gasteiger partial charge in [0.2, 0.25) is 5.91 Å². The molecule has 0 saturated carbocycles. The van der Waals surface area contributed by atoms with Crippen LogP contribution in [0.15, 0.2) is 24.5 Å². The van der Waals surface area contributed by atoms with E-state index in [2.05, 4.69) is 15.3 Å². The maximum absolute atomic E-state index is 10.9. The van der Waals surface area contributed by atoms with E-state index in [4.69, 9.17) is 0 Å². The Morgan fingerprint density at radius 2 is 2.06 bits per heavy atom. The molecule has 0 aliphatic rings. The van der Waals surface area contributed by atoms with Crippen molar-refractivity contribution in [2.24, 2.45) is 0 Å². The van der Waals surface area contributed by atoms with Gasteiger partial charge in [0, 0.05) is 19.3 Å². The summed E-state index contributed by atoms with van der Waals surface area (Å²) >= 11 is 1.62. The van der Waals surface area contributed by atoms with E-state index in [1.807, 2.05) is 39.1 Å². The van der Waals surface area contributed by atoms with E-state index in [0.717, 1.165) is 15.4 Å². The smallest absolute Gasteiger partial charge is 0.222 e. The van der Waals surface area contributed by atoms with Gasteiger partial charge in [-0.25, -0.2) is 9.97 Å². The van der Waals surface area contributed by atoms with Gasteiger partial charge >= 0.3 is 0 Å². The molecule has 5 heteroatoms. The van der Waals surface area contributed by atoms with Crippen molar-refractivity contribution in [2.45, 2.75) is 27.7 Å². The number of carbonyl (C=O) groups excluding carboxylic acids is 1. The summed E-state index contributed by atoms with van der Waals surface area (Å²) in [5.41, 5.74) is 1.02. The van der Waals surface area contributed by atoms with Gasteiger partial charge in [0.25, 0.3) is 0 Å². The average Bonchev–Trinajstić information content (AvgIpc) is 2.78. The lowest BCUT2D eigenvalue weighted by atomic mass is 10.2. The minimum atomic E-state index is -0.120. The van der Waals surface area contributed by atoms with E-state index in [9.17, 15) is 4.79 Å². The molecule has 2 aromatic rings. The van der Waals surface area contributed by atoms with Crippen molar-refractivity contribution >= 4 is 23.1 Å². The molecule has 2 heterocycles. The van der Waals surface area contributed by atoms with Crippen molar-refractivity contribution in [1.29, 1.82) is 0 Å². The quantitative estimate of drug-likeness (QED) is 0.902. The highest BCUT2D eigenvalue weighted by Crippen LogP contribution is 2.26. The number of thiazole rings is 1. The number of nitrogens with one attached hydrogen (secondary N) is 1. The van der Waals surface area contributed by atoms with Gasteiger partial charge in [-0.1, -0.05) is 13.8 Å². The summed E-state index contributed by atoms with van der Waals surface area (Å²) in [5.74, 6) is 0.446. The molecule has 18 heavy (non-hydrogen) atoms. The van der Waals surface area contributed by atoms with Crippen LogP contribution in [0, 0.1) is 6.92 Å². The van der Waals surface area contributed by atoms with Crippen LogP contribution in [0.2, 0.25) is 0 Å². The van der Waals surface area contributed by atoms with E-state index < -0.39 is 0 Å². The SMILES string of the molecule is CC.CC(=O)Nc1cc(-c2cnc(C)s2)ccn1. The van der Waals surface area contributed by atoms with E-state index in [0.29, 0.717) is 5.82 Å². The third-order valence-corrected chi connectivity index (χ3v) is 2.93. The molecule has 0 aliphatic carbocycles. The Labute approximate surface area is 111 Å². The monoisotopic (exact) mass is 263 g/mol. The zero-order valence-electron chi connectivity index (χ0n) is 11.0. The lowest BCUT2D eigenvalue weighted by Crippen LogP contribution is -2.06. The number of amides is 1. The molecule has 0 unspecified atom stereocenters. The first kappa shape index (κ1) is 14.3. The van der Waals surface area contributed by atoms with Gasteiger partial charge in [-0.2, -0.15) is 0 Å². The highest BCUT2D eigenvalue weighted by molar-refractivity contribution is 7.15. The number of nitrogens with zero attached hydrogens (tertiary/aromatic N) is 2. The standard InChI is InChI=1S/C11H11N3OS.C2H6/c1-7(15)14-11-5-9(3-4-12-11)10-6-13-8(2)16-10;1-2/h3-6H,1-2H3,(H,12,14,15);1-2H3. The largest absolute Gasteiger partial charge is 0.311 e. The van der Waals surface area contributed by atoms with E-state index in [1.54, 1.807) is 17.5 Å². The lowest BCUT2D eigenvalue weighted by Gasteiger charge is -2.02. The molecular weight excluding hydrogens is 246 g/mol. The average molecular weight is 263 g/mol.